The molecule has 0 atom stereocenters. The van der Waals surface area contributed by atoms with Crippen LogP contribution in [0.2, 0.25) is 0 Å². The Bertz CT molecular complexity index is 837. The van der Waals surface area contributed by atoms with Gasteiger partial charge in [0.1, 0.15) is 11.6 Å². The van der Waals surface area contributed by atoms with Crippen LogP contribution in [-0.2, 0) is 4.74 Å². The number of morpholine rings is 1. The maximum Gasteiger partial charge on any atom is 0.253 e. The smallest absolute Gasteiger partial charge is 0.253 e. The van der Waals surface area contributed by atoms with Crippen LogP contribution in [0.5, 0.6) is 0 Å². The molecule has 0 saturated carbocycles. The van der Waals surface area contributed by atoms with Crippen molar-refractivity contribution in [3.8, 4) is 0 Å². The molecule has 148 valence electrons. The number of benzene rings is 1. The lowest BCUT2D eigenvalue weighted by atomic mass is 10.2. The summed E-state index contributed by atoms with van der Waals surface area (Å²) in [5.74, 6) is 1.12. The van der Waals surface area contributed by atoms with Gasteiger partial charge in [0.05, 0.1) is 17.7 Å². The quantitative estimate of drug-likeness (QED) is 0.715. The number of nitrogens with zero attached hydrogens (tertiary/aromatic N) is 5. The van der Waals surface area contributed by atoms with E-state index >= 15 is 0 Å². The van der Waals surface area contributed by atoms with Crippen LogP contribution in [0.1, 0.15) is 10.4 Å². The Labute approximate surface area is 171 Å². The number of aromatic nitrogens is 2. The molecular formula is C19H21BrFN5O2. The highest BCUT2D eigenvalue weighted by Crippen LogP contribution is 2.27. The first-order chi connectivity index (χ1) is 13.6. The highest BCUT2D eigenvalue weighted by atomic mass is 79.9. The van der Waals surface area contributed by atoms with E-state index < -0.39 is 0 Å². The Hall–Kier alpha value is -2.26. The van der Waals surface area contributed by atoms with Gasteiger partial charge in [-0.25, -0.2) is 9.37 Å². The summed E-state index contributed by atoms with van der Waals surface area (Å²) >= 11 is 3.55. The molecule has 0 bridgehead atoms. The van der Waals surface area contributed by atoms with E-state index in [1.807, 2.05) is 0 Å². The van der Waals surface area contributed by atoms with Crippen LogP contribution in [0.4, 0.5) is 16.2 Å². The van der Waals surface area contributed by atoms with Crippen LogP contribution < -0.4 is 9.80 Å². The molecule has 7 nitrogen and oxygen atoms in total. The van der Waals surface area contributed by atoms with E-state index in [1.54, 1.807) is 11.1 Å². The third-order valence-corrected chi connectivity index (χ3v) is 5.52. The van der Waals surface area contributed by atoms with Gasteiger partial charge in [0, 0.05) is 51.0 Å². The highest BCUT2D eigenvalue weighted by Gasteiger charge is 2.25. The molecule has 1 aromatic heterocycles. The van der Waals surface area contributed by atoms with Crippen molar-refractivity contribution in [3.63, 3.8) is 0 Å². The molecule has 0 unspecified atom stereocenters. The van der Waals surface area contributed by atoms with Crippen molar-refractivity contribution in [1.82, 2.24) is 14.9 Å². The van der Waals surface area contributed by atoms with Crippen LogP contribution in [0.25, 0.3) is 0 Å². The summed E-state index contributed by atoms with van der Waals surface area (Å²) in [5.41, 5.74) is 0.507. The molecule has 2 aliphatic rings. The summed E-state index contributed by atoms with van der Waals surface area (Å²) in [6, 6.07) is 5.68. The lowest BCUT2D eigenvalue weighted by Gasteiger charge is -2.36. The van der Waals surface area contributed by atoms with Crippen LogP contribution in [0, 0.1) is 5.82 Å². The molecule has 3 heterocycles. The molecule has 0 spiro atoms. The number of hydrogen-bond donors (Lipinski definition) is 0. The minimum absolute atomic E-state index is 0.0737. The summed E-state index contributed by atoms with van der Waals surface area (Å²) in [6.45, 7) is 5.43. The van der Waals surface area contributed by atoms with Gasteiger partial charge in [0.15, 0.2) is 0 Å². The minimum atomic E-state index is -0.342. The second-order valence-electron chi connectivity index (χ2n) is 6.73. The standard InChI is InChI=1S/C19H21BrFN5O2/c20-16-13-22-19(26-9-11-28-12-10-26)23-17(16)24-5-7-25(8-6-24)18(27)14-1-3-15(21)4-2-14/h1-4,13H,5-12H2. The second kappa shape index (κ2) is 8.40. The number of rotatable bonds is 3. The van der Waals surface area contributed by atoms with Crippen LogP contribution in [-0.4, -0.2) is 73.3 Å². The zero-order valence-corrected chi connectivity index (χ0v) is 16.9. The third kappa shape index (κ3) is 4.10. The van der Waals surface area contributed by atoms with Gasteiger partial charge in [-0.2, -0.15) is 4.98 Å². The molecule has 2 aromatic rings. The van der Waals surface area contributed by atoms with E-state index in [4.69, 9.17) is 9.72 Å². The van der Waals surface area contributed by atoms with Gasteiger partial charge in [-0.05, 0) is 40.2 Å². The Morgan fingerprint density at radius 2 is 1.68 bits per heavy atom. The predicted octanol–water partition coefficient (Wildman–Crippen LogP) is 2.18. The number of carbonyl (C=O) groups is 1. The Balaban J connectivity index is 1.43. The number of ether oxygens (including phenoxy) is 1. The lowest BCUT2D eigenvalue weighted by molar-refractivity contribution is 0.0746. The maximum atomic E-state index is 13.1. The molecule has 1 amide bonds. The van der Waals surface area contributed by atoms with Crippen molar-refractivity contribution in [3.05, 3.63) is 46.3 Å². The fourth-order valence-electron chi connectivity index (χ4n) is 3.38. The van der Waals surface area contributed by atoms with Crippen molar-refractivity contribution < 1.29 is 13.9 Å². The molecule has 0 N–H and O–H groups in total. The first-order valence-corrected chi connectivity index (χ1v) is 10.1. The Morgan fingerprint density at radius 3 is 2.36 bits per heavy atom. The molecule has 1 aromatic carbocycles. The number of hydrogen-bond acceptors (Lipinski definition) is 6. The fourth-order valence-corrected chi connectivity index (χ4v) is 3.82. The van der Waals surface area contributed by atoms with Crippen molar-refractivity contribution in [2.45, 2.75) is 0 Å². The van der Waals surface area contributed by atoms with Gasteiger partial charge < -0.3 is 19.4 Å². The number of anilines is 2. The van der Waals surface area contributed by atoms with Gasteiger partial charge >= 0.3 is 0 Å². The fraction of sp³-hybridized carbons (Fsp3) is 0.421. The van der Waals surface area contributed by atoms with E-state index in [0.29, 0.717) is 50.9 Å². The van der Waals surface area contributed by atoms with Crippen molar-refractivity contribution >= 4 is 33.6 Å². The SMILES string of the molecule is O=C(c1ccc(F)cc1)N1CCN(c2nc(N3CCOCC3)ncc2Br)CC1. The van der Waals surface area contributed by atoms with Crippen molar-refractivity contribution in [1.29, 1.82) is 0 Å². The lowest BCUT2D eigenvalue weighted by Crippen LogP contribution is -2.49. The molecule has 4 rings (SSSR count). The zero-order chi connectivity index (χ0) is 19.5. The highest BCUT2D eigenvalue weighted by molar-refractivity contribution is 9.10. The summed E-state index contributed by atoms with van der Waals surface area (Å²) in [7, 11) is 0. The molecule has 2 fully saturated rings. The molecular weight excluding hydrogens is 429 g/mol. The van der Waals surface area contributed by atoms with Crippen molar-refractivity contribution in [2.75, 3.05) is 62.3 Å². The largest absolute Gasteiger partial charge is 0.378 e. The average molecular weight is 450 g/mol. The van der Waals surface area contributed by atoms with Gasteiger partial charge in [0.25, 0.3) is 5.91 Å². The van der Waals surface area contributed by atoms with E-state index in [0.717, 1.165) is 23.4 Å². The van der Waals surface area contributed by atoms with Gasteiger partial charge in [-0.3, -0.25) is 4.79 Å². The average Bonchev–Trinajstić information content (AvgIpc) is 2.75. The maximum absolute atomic E-state index is 13.1. The van der Waals surface area contributed by atoms with E-state index in [-0.39, 0.29) is 11.7 Å². The summed E-state index contributed by atoms with van der Waals surface area (Å²) < 4.78 is 19.3. The molecule has 2 aliphatic heterocycles. The number of carbonyl (C=O) groups excluding carboxylic acids is 1. The van der Waals surface area contributed by atoms with Crippen molar-refractivity contribution in [2.24, 2.45) is 0 Å². The predicted molar refractivity (Wildman–Crippen MR) is 107 cm³/mol. The first kappa shape index (κ1) is 19.1. The first-order valence-electron chi connectivity index (χ1n) is 9.27. The van der Waals surface area contributed by atoms with E-state index in [1.165, 1.54) is 24.3 Å². The molecule has 0 aliphatic carbocycles. The zero-order valence-electron chi connectivity index (χ0n) is 15.4. The molecule has 0 radical (unpaired) electrons. The summed E-state index contributed by atoms with van der Waals surface area (Å²) in [4.78, 5) is 27.9. The Morgan fingerprint density at radius 1 is 1.00 bits per heavy atom. The van der Waals surface area contributed by atoms with E-state index in [2.05, 4.69) is 30.7 Å². The van der Waals surface area contributed by atoms with Crippen LogP contribution in [0.3, 0.4) is 0 Å². The molecule has 28 heavy (non-hydrogen) atoms. The number of piperazine rings is 1. The second-order valence-corrected chi connectivity index (χ2v) is 7.58. The minimum Gasteiger partial charge on any atom is -0.378 e. The topological polar surface area (TPSA) is 61.8 Å². The Kier molecular flexibility index (Phi) is 5.72. The number of halogens is 2. The van der Waals surface area contributed by atoms with Gasteiger partial charge in [-0.15, -0.1) is 0 Å². The summed E-state index contributed by atoms with van der Waals surface area (Å²) in [5, 5.41) is 0. The molecule has 2 saturated heterocycles. The van der Waals surface area contributed by atoms with Crippen LogP contribution in [0.15, 0.2) is 34.9 Å². The number of amides is 1. The molecule has 9 heteroatoms. The van der Waals surface area contributed by atoms with Crippen LogP contribution >= 0.6 is 15.9 Å². The normalized spacial score (nSPS) is 17.7. The summed E-state index contributed by atoms with van der Waals surface area (Å²) in [6.07, 6.45) is 1.78. The monoisotopic (exact) mass is 449 g/mol. The van der Waals surface area contributed by atoms with Gasteiger partial charge in [0.2, 0.25) is 5.95 Å². The van der Waals surface area contributed by atoms with Gasteiger partial charge in [-0.1, -0.05) is 0 Å². The van der Waals surface area contributed by atoms with E-state index in [9.17, 15) is 9.18 Å². The third-order valence-electron chi connectivity index (χ3n) is 4.96.